The van der Waals surface area contributed by atoms with E-state index >= 15 is 0 Å². The third-order valence-corrected chi connectivity index (χ3v) is 3.93. The van der Waals surface area contributed by atoms with Gasteiger partial charge in [0.2, 0.25) is 0 Å². The van der Waals surface area contributed by atoms with Crippen molar-refractivity contribution in [2.75, 3.05) is 11.4 Å². The molecule has 0 spiro atoms. The Morgan fingerprint density at radius 3 is 2.95 bits per heavy atom. The minimum atomic E-state index is 0.459. The molecule has 0 amide bonds. The van der Waals surface area contributed by atoms with Gasteiger partial charge in [-0.05, 0) is 38.3 Å². The Bertz CT molecular complexity index is 609. The first kappa shape index (κ1) is 12.2. The van der Waals surface area contributed by atoms with Crippen LogP contribution in [0.4, 0.5) is 5.82 Å². The van der Waals surface area contributed by atoms with Crippen LogP contribution in [-0.2, 0) is 0 Å². The van der Waals surface area contributed by atoms with Gasteiger partial charge in [-0.15, -0.1) is 0 Å². The van der Waals surface area contributed by atoms with E-state index in [0.29, 0.717) is 11.6 Å². The molecular formula is C16H18N2O. The van der Waals surface area contributed by atoms with Crippen LogP contribution in [0.1, 0.15) is 36.5 Å². The predicted molar refractivity (Wildman–Crippen MR) is 77.8 cm³/mol. The summed E-state index contributed by atoms with van der Waals surface area (Å²) < 4.78 is 0. The van der Waals surface area contributed by atoms with E-state index in [2.05, 4.69) is 11.8 Å². The number of hydrogen-bond donors (Lipinski definition) is 0. The Hall–Kier alpha value is -1.90. The molecule has 3 heteroatoms. The number of anilines is 1. The van der Waals surface area contributed by atoms with E-state index in [1.54, 1.807) is 0 Å². The number of carbonyl (C=O) groups excluding carboxylic acids is 1. The lowest BCUT2D eigenvalue weighted by Gasteiger charge is -2.35. The van der Waals surface area contributed by atoms with Gasteiger partial charge in [-0.25, -0.2) is 4.98 Å². The number of rotatable bonds is 2. The molecule has 98 valence electrons. The molecular weight excluding hydrogens is 236 g/mol. The molecule has 3 rings (SSSR count). The highest BCUT2D eigenvalue weighted by molar-refractivity contribution is 5.91. The number of piperidine rings is 1. The molecule has 19 heavy (non-hydrogen) atoms. The fraction of sp³-hybridized carbons (Fsp3) is 0.375. The van der Waals surface area contributed by atoms with Crippen molar-refractivity contribution in [2.45, 2.75) is 32.2 Å². The quantitative estimate of drug-likeness (QED) is 0.770. The predicted octanol–water partition coefficient (Wildman–Crippen LogP) is 3.43. The summed E-state index contributed by atoms with van der Waals surface area (Å²) in [4.78, 5) is 18.3. The molecule has 1 saturated heterocycles. The second kappa shape index (κ2) is 5.00. The average molecular weight is 254 g/mol. The van der Waals surface area contributed by atoms with E-state index in [1.165, 1.54) is 19.3 Å². The van der Waals surface area contributed by atoms with Crippen LogP contribution in [0.15, 0.2) is 30.3 Å². The Kier molecular flexibility index (Phi) is 3.20. The number of fused-ring (bicyclic) bond motifs is 1. The van der Waals surface area contributed by atoms with Crippen LogP contribution in [0, 0.1) is 0 Å². The van der Waals surface area contributed by atoms with Gasteiger partial charge in [0.25, 0.3) is 0 Å². The van der Waals surface area contributed by atoms with E-state index in [-0.39, 0.29) is 0 Å². The van der Waals surface area contributed by atoms with Crippen molar-refractivity contribution in [3.63, 3.8) is 0 Å². The SMILES string of the molecule is CC1CCCCN1c1nc2ccccc2cc1C=O. The van der Waals surface area contributed by atoms with Crippen molar-refractivity contribution in [3.05, 3.63) is 35.9 Å². The summed E-state index contributed by atoms with van der Waals surface area (Å²) in [5.41, 5.74) is 1.66. The molecule has 0 aliphatic carbocycles. The largest absolute Gasteiger partial charge is 0.353 e. The lowest BCUT2D eigenvalue weighted by atomic mass is 10.0. The van der Waals surface area contributed by atoms with E-state index in [4.69, 9.17) is 4.98 Å². The molecule has 2 aromatic rings. The van der Waals surface area contributed by atoms with Gasteiger partial charge in [-0.1, -0.05) is 18.2 Å². The highest BCUT2D eigenvalue weighted by Gasteiger charge is 2.22. The summed E-state index contributed by atoms with van der Waals surface area (Å²) in [6, 6.07) is 10.4. The maximum Gasteiger partial charge on any atom is 0.153 e. The van der Waals surface area contributed by atoms with Crippen molar-refractivity contribution in [2.24, 2.45) is 0 Å². The van der Waals surface area contributed by atoms with Gasteiger partial charge < -0.3 is 4.90 Å². The van der Waals surface area contributed by atoms with Crippen molar-refractivity contribution in [1.82, 2.24) is 4.98 Å². The van der Waals surface area contributed by atoms with Crippen LogP contribution >= 0.6 is 0 Å². The number of benzene rings is 1. The second-order valence-corrected chi connectivity index (χ2v) is 5.25. The first-order valence-electron chi connectivity index (χ1n) is 6.91. The molecule has 1 aliphatic rings. The first-order chi connectivity index (χ1) is 9.29. The van der Waals surface area contributed by atoms with Crippen LogP contribution in [0.3, 0.4) is 0 Å². The summed E-state index contributed by atoms with van der Waals surface area (Å²) in [6.07, 6.45) is 4.54. The summed E-state index contributed by atoms with van der Waals surface area (Å²) in [7, 11) is 0. The zero-order chi connectivity index (χ0) is 13.2. The minimum absolute atomic E-state index is 0.459. The van der Waals surface area contributed by atoms with Crippen LogP contribution < -0.4 is 4.90 Å². The number of pyridine rings is 1. The molecule has 1 atom stereocenters. The van der Waals surface area contributed by atoms with Gasteiger partial charge in [0, 0.05) is 18.0 Å². The molecule has 1 aliphatic heterocycles. The molecule has 3 nitrogen and oxygen atoms in total. The Morgan fingerprint density at radius 1 is 1.32 bits per heavy atom. The standard InChI is InChI=1S/C16H18N2O/c1-12-6-4-5-9-18(12)16-14(11-19)10-13-7-2-3-8-15(13)17-16/h2-3,7-8,10-12H,4-6,9H2,1H3. The molecule has 0 radical (unpaired) electrons. The molecule has 0 saturated carbocycles. The number of aromatic nitrogens is 1. The molecule has 2 heterocycles. The fourth-order valence-corrected chi connectivity index (χ4v) is 2.85. The molecule has 1 aromatic carbocycles. The lowest BCUT2D eigenvalue weighted by Crippen LogP contribution is -2.38. The molecule has 1 unspecified atom stereocenters. The normalized spacial score (nSPS) is 19.6. The van der Waals surface area contributed by atoms with Crippen LogP contribution in [-0.4, -0.2) is 23.9 Å². The summed E-state index contributed by atoms with van der Waals surface area (Å²) in [5, 5.41) is 1.03. The number of aldehydes is 1. The van der Waals surface area contributed by atoms with Gasteiger partial charge in [0.1, 0.15) is 5.82 Å². The summed E-state index contributed by atoms with van der Waals surface area (Å²) >= 11 is 0. The molecule has 1 aromatic heterocycles. The Balaban J connectivity index is 2.12. The van der Waals surface area contributed by atoms with Crippen LogP contribution in [0.25, 0.3) is 10.9 Å². The van der Waals surface area contributed by atoms with E-state index in [9.17, 15) is 4.79 Å². The third kappa shape index (κ3) is 2.21. The number of nitrogens with zero attached hydrogens (tertiary/aromatic N) is 2. The number of hydrogen-bond acceptors (Lipinski definition) is 3. The van der Waals surface area contributed by atoms with Gasteiger partial charge in [0.15, 0.2) is 6.29 Å². The summed E-state index contributed by atoms with van der Waals surface area (Å²) in [5.74, 6) is 0.848. The van der Waals surface area contributed by atoms with Crippen LogP contribution in [0.5, 0.6) is 0 Å². The van der Waals surface area contributed by atoms with Crippen molar-refractivity contribution in [3.8, 4) is 0 Å². The highest BCUT2D eigenvalue weighted by Crippen LogP contribution is 2.28. The molecule has 1 fully saturated rings. The van der Waals surface area contributed by atoms with Crippen molar-refractivity contribution in [1.29, 1.82) is 0 Å². The van der Waals surface area contributed by atoms with Crippen molar-refractivity contribution >= 4 is 23.0 Å². The third-order valence-electron chi connectivity index (χ3n) is 3.93. The van der Waals surface area contributed by atoms with Crippen LogP contribution in [0.2, 0.25) is 0 Å². The smallest absolute Gasteiger partial charge is 0.153 e. The van der Waals surface area contributed by atoms with Gasteiger partial charge in [-0.2, -0.15) is 0 Å². The Morgan fingerprint density at radius 2 is 2.16 bits per heavy atom. The van der Waals surface area contributed by atoms with Gasteiger partial charge >= 0.3 is 0 Å². The number of para-hydroxylation sites is 1. The maximum atomic E-state index is 11.4. The highest BCUT2D eigenvalue weighted by atomic mass is 16.1. The topological polar surface area (TPSA) is 33.2 Å². The Labute approximate surface area is 113 Å². The monoisotopic (exact) mass is 254 g/mol. The summed E-state index contributed by atoms with van der Waals surface area (Å²) in [6.45, 7) is 3.21. The lowest BCUT2D eigenvalue weighted by molar-refractivity contribution is 0.112. The fourth-order valence-electron chi connectivity index (χ4n) is 2.85. The van der Waals surface area contributed by atoms with Gasteiger partial charge in [-0.3, -0.25) is 4.79 Å². The van der Waals surface area contributed by atoms with E-state index < -0.39 is 0 Å². The van der Waals surface area contributed by atoms with Gasteiger partial charge in [0.05, 0.1) is 11.1 Å². The average Bonchev–Trinajstić information content (AvgIpc) is 2.46. The maximum absolute atomic E-state index is 11.4. The molecule has 0 bridgehead atoms. The van der Waals surface area contributed by atoms with Crippen molar-refractivity contribution < 1.29 is 4.79 Å². The van der Waals surface area contributed by atoms with E-state index in [0.717, 1.165) is 29.6 Å². The van der Waals surface area contributed by atoms with E-state index in [1.807, 2.05) is 30.3 Å². The molecule has 0 N–H and O–H groups in total. The second-order valence-electron chi connectivity index (χ2n) is 5.25. The number of carbonyl (C=O) groups is 1. The minimum Gasteiger partial charge on any atom is -0.353 e. The zero-order valence-electron chi connectivity index (χ0n) is 11.2. The zero-order valence-corrected chi connectivity index (χ0v) is 11.2. The first-order valence-corrected chi connectivity index (χ1v) is 6.91.